The number of aromatic nitrogens is 1. The molecular formula is C15H15NO3S. The van der Waals surface area contributed by atoms with Crippen LogP contribution < -0.4 is 4.74 Å². The van der Waals surface area contributed by atoms with Crippen LogP contribution in [-0.2, 0) is 4.79 Å². The molecule has 2 rings (SSSR count). The van der Waals surface area contributed by atoms with Crippen molar-refractivity contribution < 1.29 is 14.3 Å². The van der Waals surface area contributed by atoms with Crippen molar-refractivity contribution >= 4 is 23.4 Å². The van der Waals surface area contributed by atoms with Gasteiger partial charge in [0.2, 0.25) is 5.78 Å². The van der Waals surface area contributed by atoms with E-state index in [1.54, 1.807) is 29.1 Å². The van der Waals surface area contributed by atoms with Crippen molar-refractivity contribution in [1.82, 2.24) is 4.98 Å². The van der Waals surface area contributed by atoms with Gasteiger partial charge in [-0.3, -0.25) is 4.79 Å². The lowest BCUT2D eigenvalue weighted by atomic mass is 10.1. The highest BCUT2D eigenvalue weighted by Gasteiger charge is 2.11. The monoisotopic (exact) mass is 289 g/mol. The second-order valence-electron chi connectivity index (χ2n) is 4.24. The number of rotatable bonds is 8. The summed E-state index contributed by atoms with van der Waals surface area (Å²) in [6.07, 6.45) is 3.11. The van der Waals surface area contributed by atoms with Gasteiger partial charge in [0.15, 0.2) is 0 Å². The number of benzene rings is 1. The molecule has 104 valence electrons. The smallest absolute Gasteiger partial charge is 0.212 e. The fourth-order valence-corrected chi connectivity index (χ4v) is 2.25. The van der Waals surface area contributed by atoms with E-state index in [2.05, 4.69) is 4.98 Å². The molecule has 0 saturated heterocycles. The number of carbonyl (C=O) groups excluding carboxylic acids is 2. The van der Waals surface area contributed by atoms with Gasteiger partial charge in [-0.15, -0.1) is 11.3 Å². The first-order chi connectivity index (χ1) is 9.81. The summed E-state index contributed by atoms with van der Waals surface area (Å²) >= 11 is 1.40. The predicted octanol–water partition coefficient (Wildman–Crippen LogP) is 3.12. The van der Waals surface area contributed by atoms with Crippen molar-refractivity contribution in [2.24, 2.45) is 0 Å². The van der Waals surface area contributed by atoms with Crippen LogP contribution in [0.3, 0.4) is 0 Å². The molecule has 0 N–H and O–H groups in total. The molecule has 0 amide bonds. The highest BCUT2D eigenvalue weighted by molar-refractivity contribution is 7.07. The zero-order chi connectivity index (χ0) is 14.2. The molecule has 0 aliphatic heterocycles. The molecule has 0 atom stereocenters. The number of thiazole rings is 1. The summed E-state index contributed by atoms with van der Waals surface area (Å²) in [6, 6.07) is 7.08. The van der Waals surface area contributed by atoms with E-state index >= 15 is 0 Å². The number of ketones is 1. The number of nitrogens with zero attached hydrogens (tertiary/aromatic N) is 1. The highest BCUT2D eigenvalue weighted by atomic mass is 32.1. The first-order valence-corrected chi connectivity index (χ1v) is 7.35. The van der Waals surface area contributed by atoms with Gasteiger partial charge in [-0.2, -0.15) is 0 Å². The molecule has 0 fully saturated rings. The van der Waals surface area contributed by atoms with E-state index in [9.17, 15) is 9.59 Å². The fraction of sp³-hybridized carbons (Fsp3) is 0.267. The minimum Gasteiger partial charge on any atom is -0.494 e. The summed E-state index contributed by atoms with van der Waals surface area (Å²) in [5.74, 6) is 0.565. The van der Waals surface area contributed by atoms with Crippen LogP contribution in [0.25, 0.3) is 0 Å². The van der Waals surface area contributed by atoms with E-state index in [0.29, 0.717) is 30.0 Å². The van der Waals surface area contributed by atoms with Crippen LogP contribution in [0.5, 0.6) is 5.75 Å². The first kappa shape index (κ1) is 14.4. The lowest BCUT2D eigenvalue weighted by molar-refractivity contribution is -0.107. The van der Waals surface area contributed by atoms with Crippen molar-refractivity contribution in [2.45, 2.75) is 19.3 Å². The van der Waals surface area contributed by atoms with Crippen molar-refractivity contribution in [3.8, 4) is 5.75 Å². The topological polar surface area (TPSA) is 56.3 Å². The summed E-state index contributed by atoms with van der Waals surface area (Å²) in [7, 11) is 0. The maximum Gasteiger partial charge on any atom is 0.212 e. The maximum absolute atomic E-state index is 12.1. The molecule has 1 heterocycles. The number of hydrogen-bond donors (Lipinski definition) is 0. The third-order valence-electron chi connectivity index (χ3n) is 2.75. The lowest BCUT2D eigenvalue weighted by Crippen LogP contribution is -2.03. The summed E-state index contributed by atoms with van der Waals surface area (Å²) in [4.78, 5) is 26.3. The third kappa shape index (κ3) is 3.99. The molecule has 1 aromatic carbocycles. The molecule has 4 nitrogen and oxygen atoms in total. The Hall–Kier alpha value is -2.01. The van der Waals surface area contributed by atoms with Gasteiger partial charge in [-0.25, -0.2) is 4.98 Å². The van der Waals surface area contributed by atoms with E-state index < -0.39 is 0 Å². The van der Waals surface area contributed by atoms with Gasteiger partial charge in [0.05, 0.1) is 12.1 Å². The second-order valence-corrected chi connectivity index (χ2v) is 4.96. The molecule has 0 unspecified atom stereocenters. The van der Waals surface area contributed by atoms with E-state index in [0.717, 1.165) is 19.1 Å². The molecule has 5 heteroatoms. The Labute approximate surface area is 121 Å². The number of ether oxygens (including phenoxy) is 1. The number of carbonyl (C=O) groups is 2. The fourth-order valence-electron chi connectivity index (χ4n) is 1.72. The Morgan fingerprint density at radius 2 is 2.25 bits per heavy atom. The zero-order valence-corrected chi connectivity index (χ0v) is 11.8. The van der Waals surface area contributed by atoms with Gasteiger partial charge < -0.3 is 9.53 Å². The maximum atomic E-state index is 12.1. The average molecular weight is 289 g/mol. The molecule has 0 saturated carbocycles. The Morgan fingerprint density at radius 1 is 1.35 bits per heavy atom. The van der Waals surface area contributed by atoms with Crippen LogP contribution in [0.15, 0.2) is 35.2 Å². The van der Waals surface area contributed by atoms with Gasteiger partial charge in [0.25, 0.3) is 0 Å². The van der Waals surface area contributed by atoms with Crippen LogP contribution in [0.2, 0.25) is 0 Å². The van der Waals surface area contributed by atoms with Gasteiger partial charge in [0.1, 0.15) is 17.7 Å². The molecule has 0 spiro atoms. The normalized spacial score (nSPS) is 10.2. The Kier molecular flexibility index (Phi) is 5.43. The highest BCUT2D eigenvalue weighted by Crippen LogP contribution is 2.17. The predicted molar refractivity (Wildman–Crippen MR) is 77.4 cm³/mol. The van der Waals surface area contributed by atoms with Crippen LogP contribution in [-0.4, -0.2) is 23.7 Å². The molecule has 2 aromatic rings. The van der Waals surface area contributed by atoms with Crippen LogP contribution in [0.1, 0.15) is 35.3 Å². The standard InChI is InChI=1S/C15H15NO3S/c17-7-2-1-3-8-19-13-6-4-5-12(9-13)15(18)14-10-20-11-16-14/h4-7,9-11H,1-3,8H2. The number of unbranched alkanes of at least 4 members (excludes halogenated alkanes) is 2. The molecule has 0 radical (unpaired) electrons. The van der Waals surface area contributed by atoms with Crippen LogP contribution in [0.4, 0.5) is 0 Å². The van der Waals surface area contributed by atoms with Gasteiger partial charge in [0, 0.05) is 17.4 Å². The summed E-state index contributed by atoms with van der Waals surface area (Å²) < 4.78 is 5.57. The van der Waals surface area contributed by atoms with Crippen molar-refractivity contribution in [3.63, 3.8) is 0 Å². The quantitative estimate of drug-likeness (QED) is 0.425. The largest absolute Gasteiger partial charge is 0.494 e. The third-order valence-corrected chi connectivity index (χ3v) is 3.33. The average Bonchev–Trinajstić information content (AvgIpc) is 3.01. The Balaban J connectivity index is 1.94. The first-order valence-electron chi connectivity index (χ1n) is 6.40. The number of aldehydes is 1. The van der Waals surface area contributed by atoms with Crippen molar-refractivity contribution in [2.75, 3.05) is 6.61 Å². The van der Waals surface area contributed by atoms with Gasteiger partial charge in [-0.1, -0.05) is 12.1 Å². The van der Waals surface area contributed by atoms with Gasteiger partial charge >= 0.3 is 0 Å². The zero-order valence-electron chi connectivity index (χ0n) is 11.0. The number of hydrogen-bond acceptors (Lipinski definition) is 5. The summed E-state index contributed by atoms with van der Waals surface area (Å²) in [5, 5.41) is 1.73. The lowest BCUT2D eigenvalue weighted by Gasteiger charge is -2.06. The second kappa shape index (κ2) is 7.55. The van der Waals surface area contributed by atoms with Crippen LogP contribution >= 0.6 is 11.3 Å². The van der Waals surface area contributed by atoms with E-state index in [-0.39, 0.29) is 5.78 Å². The minimum absolute atomic E-state index is 0.0994. The molecule has 0 aliphatic rings. The Bertz CT molecular complexity index is 566. The summed E-state index contributed by atoms with van der Waals surface area (Å²) in [5.41, 5.74) is 2.67. The molecule has 1 aromatic heterocycles. The van der Waals surface area contributed by atoms with Gasteiger partial charge in [-0.05, 0) is 25.0 Å². The SMILES string of the molecule is O=CCCCCOc1cccc(C(=O)c2cscn2)c1. The molecule has 0 bridgehead atoms. The molecular weight excluding hydrogens is 274 g/mol. The molecule has 20 heavy (non-hydrogen) atoms. The van der Waals surface area contributed by atoms with E-state index in [1.807, 2.05) is 6.07 Å². The van der Waals surface area contributed by atoms with Crippen molar-refractivity contribution in [1.29, 1.82) is 0 Å². The molecule has 0 aliphatic carbocycles. The van der Waals surface area contributed by atoms with Crippen LogP contribution in [0, 0.1) is 0 Å². The van der Waals surface area contributed by atoms with E-state index in [4.69, 9.17) is 4.74 Å². The summed E-state index contributed by atoms with van der Waals surface area (Å²) in [6.45, 7) is 0.544. The Morgan fingerprint density at radius 3 is 3.00 bits per heavy atom. The van der Waals surface area contributed by atoms with Crippen molar-refractivity contribution in [3.05, 3.63) is 46.4 Å². The minimum atomic E-state index is -0.0994. The van der Waals surface area contributed by atoms with E-state index in [1.165, 1.54) is 11.3 Å².